The van der Waals surface area contributed by atoms with Gasteiger partial charge < -0.3 is 15.4 Å². The summed E-state index contributed by atoms with van der Waals surface area (Å²) < 4.78 is 69.0. The lowest BCUT2D eigenvalue weighted by Crippen LogP contribution is -2.60. The third kappa shape index (κ3) is 6.32. The molecule has 3 atom stereocenters. The summed E-state index contributed by atoms with van der Waals surface area (Å²) in [5.41, 5.74) is 5.73. The van der Waals surface area contributed by atoms with Gasteiger partial charge in [-0.15, -0.1) is 0 Å². The number of rotatable bonds is 9. The Labute approximate surface area is 259 Å². The van der Waals surface area contributed by atoms with E-state index in [0.717, 1.165) is 22.7 Å². The highest BCUT2D eigenvalue weighted by atomic mass is 79.9. The van der Waals surface area contributed by atoms with Crippen molar-refractivity contribution in [1.82, 2.24) is 9.62 Å². The molecular weight excluding hydrogens is 640 g/mol. The van der Waals surface area contributed by atoms with E-state index in [1.807, 2.05) is 0 Å². The molecule has 1 amide bonds. The molecule has 3 aliphatic rings. The van der Waals surface area contributed by atoms with Crippen molar-refractivity contribution >= 4 is 42.6 Å². The second kappa shape index (κ2) is 12.1. The average Bonchev–Trinajstić information content (AvgIpc) is 3.60. The molecule has 1 saturated carbocycles. The zero-order chi connectivity index (χ0) is 30.4. The highest BCUT2D eigenvalue weighted by Gasteiger charge is 2.53. The van der Waals surface area contributed by atoms with E-state index in [0.29, 0.717) is 49.3 Å². The molecule has 0 aromatic heterocycles. The first kappa shape index (κ1) is 30.4. The molecule has 3 N–H and O–H groups in total. The SMILES string of the molecule is NC1CC2CCC(C1)N2C(=O)C(NS(=O)(=O)c1ccc(OCC2CCCC2)cc1)C(F)(F)c1ccc2cc(Br)ccc2c1. The van der Waals surface area contributed by atoms with E-state index >= 15 is 8.78 Å². The van der Waals surface area contributed by atoms with Crippen LogP contribution in [0, 0.1) is 5.92 Å². The molecule has 1 aliphatic carbocycles. The number of alkyl halides is 2. The molecule has 2 saturated heterocycles. The second-order valence-electron chi connectivity index (χ2n) is 12.2. The summed E-state index contributed by atoms with van der Waals surface area (Å²) >= 11 is 3.39. The Balaban J connectivity index is 1.30. The number of piperidine rings is 1. The molecule has 6 rings (SSSR count). The van der Waals surface area contributed by atoms with Crippen LogP contribution < -0.4 is 15.2 Å². The fourth-order valence-electron chi connectivity index (χ4n) is 6.93. The van der Waals surface area contributed by atoms with Crippen LogP contribution in [0.1, 0.15) is 56.9 Å². The first-order valence-electron chi connectivity index (χ1n) is 14.9. The lowest BCUT2D eigenvalue weighted by molar-refractivity contribution is -0.148. The van der Waals surface area contributed by atoms with Crippen molar-refractivity contribution in [2.24, 2.45) is 11.7 Å². The maximum absolute atomic E-state index is 16.5. The van der Waals surface area contributed by atoms with Crippen LogP contribution in [0.15, 0.2) is 70.0 Å². The van der Waals surface area contributed by atoms with Crippen molar-refractivity contribution in [3.8, 4) is 5.75 Å². The zero-order valence-electron chi connectivity index (χ0n) is 23.7. The molecule has 11 heteroatoms. The van der Waals surface area contributed by atoms with Gasteiger partial charge in [-0.2, -0.15) is 13.5 Å². The van der Waals surface area contributed by atoms with E-state index in [1.165, 1.54) is 54.1 Å². The van der Waals surface area contributed by atoms with Crippen molar-refractivity contribution in [1.29, 1.82) is 0 Å². The van der Waals surface area contributed by atoms with Gasteiger partial charge in [0.15, 0.2) is 6.04 Å². The number of ether oxygens (including phenoxy) is 1. The molecule has 0 spiro atoms. The molecule has 2 heterocycles. The van der Waals surface area contributed by atoms with E-state index < -0.39 is 33.5 Å². The fourth-order valence-corrected chi connectivity index (χ4v) is 8.50. The topological polar surface area (TPSA) is 102 Å². The molecule has 3 unspecified atom stereocenters. The van der Waals surface area contributed by atoms with Crippen LogP contribution in [0.3, 0.4) is 0 Å². The summed E-state index contributed by atoms with van der Waals surface area (Å²) in [5, 5.41) is 1.28. The Kier molecular flexibility index (Phi) is 8.54. The molecule has 230 valence electrons. The van der Waals surface area contributed by atoms with Crippen molar-refractivity contribution in [3.63, 3.8) is 0 Å². The monoisotopic (exact) mass is 675 g/mol. The summed E-state index contributed by atoms with van der Waals surface area (Å²) in [5.74, 6) is -3.79. The zero-order valence-corrected chi connectivity index (χ0v) is 26.1. The van der Waals surface area contributed by atoms with Gasteiger partial charge in [0.25, 0.3) is 5.92 Å². The van der Waals surface area contributed by atoms with Gasteiger partial charge in [-0.05, 0) is 97.7 Å². The predicted octanol–water partition coefficient (Wildman–Crippen LogP) is 6.09. The molecule has 2 bridgehead atoms. The van der Waals surface area contributed by atoms with Crippen molar-refractivity contribution < 1.29 is 26.7 Å². The van der Waals surface area contributed by atoms with E-state index in [4.69, 9.17) is 10.5 Å². The number of nitrogens with two attached hydrogens (primary N) is 1. The first-order chi connectivity index (χ1) is 20.5. The van der Waals surface area contributed by atoms with Gasteiger partial charge in [0, 0.05) is 28.2 Å². The van der Waals surface area contributed by atoms with Gasteiger partial charge in [-0.1, -0.05) is 47.0 Å². The minimum Gasteiger partial charge on any atom is -0.493 e. The Morgan fingerprint density at radius 1 is 0.977 bits per heavy atom. The van der Waals surface area contributed by atoms with Crippen LogP contribution in [0.4, 0.5) is 8.78 Å². The Hall–Kier alpha value is -2.60. The molecule has 0 radical (unpaired) electrons. The van der Waals surface area contributed by atoms with Crippen molar-refractivity contribution in [2.75, 3.05) is 6.61 Å². The smallest absolute Gasteiger partial charge is 0.298 e. The van der Waals surface area contributed by atoms with E-state index in [9.17, 15) is 13.2 Å². The quantitative estimate of drug-likeness (QED) is 0.286. The van der Waals surface area contributed by atoms with Crippen LogP contribution in [-0.2, 0) is 20.7 Å². The molecule has 3 aromatic carbocycles. The minimum absolute atomic E-state index is 0.119. The first-order valence-corrected chi connectivity index (χ1v) is 17.2. The van der Waals surface area contributed by atoms with Crippen LogP contribution in [-0.4, -0.2) is 50.0 Å². The Morgan fingerprint density at radius 3 is 2.28 bits per heavy atom. The number of carbonyl (C=O) groups is 1. The minimum atomic E-state index is -4.52. The fraction of sp³-hybridized carbons (Fsp3) is 0.469. The van der Waals surface area contributed by atoms with Crippen molar-refractivity contribution in [2.45, 2.75) is 86.4 Å². The van der Waals surface area contributed by atoms with Crippen LogP contribution >= 0.6 is 15.9 Å². The number of carbonyl (C=O) groups excluding carboxylic acids is 1. The average molecular weight is 677 g/mol. The van der Waals surface area contributed by atoms with Gasteiger partial charge in [-0.25, -0.2) is 8.42 Å². The summed E-state index contributed by atoms with van der Waals surface area (Å²) in [4.78, 5) is 15.3. The van der Waals surface area contributed by atoms with Gasteiger partial charge in [-0.3, -0.25) is 4.79 Å². The highest BCUT2D eigenvalue weighted by Crippen LogP contribution is 2.40. The van der Waals surface area contributed by atoms with Gasteiger partial charge in [0.2, 0.25) is 15.9 Å². The number of nitrogens with one attached hydrogen (secondary N) is 1. The Bertz CT molecular complexity index is 1580. The number of nitrogens with zero attached hydrogens (tertiary/aromatic N) is 1. The molecule has 43 heavy (non-hydrogen) atoms. The highest BCUT2D eigenvalue weighted by molar-refractivity contribution is 9.10. The molecular formula is C32H36BrF2N3O4S. The molecule has 3 aromatic rings. The Morgan fingerprint density at radius 2 is 1.60 bits per heavy atom. The summed E-state index contributed by atoms with van der Waals surface area (Å²) in [7, 11) is -4.52. The maximum Gasteiger partial charge on any atom is 0.298 e. The van der Waals surface area contributed by atoms with Crippen LogP contribution in [0.25, 0.3) is 10.8 Å². The van der Waals surface area contributed by atoms with Gasteiger partial charge >= 0.3 is 0 Å². The normalized spacial score (nSPS) is 23.5. The maximum atomic E-state index is 16.5. The van der Waals surface area contributed by atoms with Crippen LogP contribution in [0.5, 0.6) is 5.75 Å². The lowest BCUT2D eigenvalue weighted by atomic mass is 9.94. The van der Waals surface area contributed by atoms with E-state index in [1.54, 1.807) is 24.3 Å². The number of sulfonamides is 1. The number of benzene rings is 3. The summed E-state index contributed by atoms with van der Waals surface area (Å²) in [6.07, 6.45) is 6.90. The summed E-state index contributed by atoms with van der Waals surface area (Å²) in [6, 6.07) is 12.0. The van der Waals surface area contributed by atoms with E-state index in [2.05, 4.69) is 20.7 Å². The molecule has 2 aliphatic heterocycles. The number of amides is 1. The number of hydrogen-bond donors (Lipinski definition) is 2. The lowest BCUT2D eigenvalue weighted by Gasteiger charge is -2.41. The standard InChI is InChI=1S/C32H36BrF2N3O4S/c33-24-8-6-21-15-23(7-5-22(21)16-24)32(34,35)30(31(39)38-26-9-10-27(38)18-25(36)17-26)37-43(40,41)29-13-11-28(12-14-29)42-19-20-3-1-2-4-20/h5-8,11-16,20,25-27,30,37H,1-4,9-10,17-19,36H2. The molecule has 3 fully saturated rings. The van der Waals surface area contributed by atoms with Gasteiger partial charge in [0.1, 0.15) is 5.75 Å². The summed E-state index contributed by atoms with van der Waals surface area (Å²) in [6.45, 7) is 0.553. The third-order valence-corrected chi connectivity index (χ3v) is 11.1. The van der Waals surface area contributed by atoms with Gasteiger partial charge in [0.05, 0.1) is 11.5 Å². The predicted molar refractivity (Wildman–Crippen MR) is 164 cm³/mol. The number of hydrogen-bond acceptors (Lipinski definition) is 5. The molecule has 7 nitrogen and oxygen atoms in total. The van der Waals surface area contributed by atoms with E-state index in [-0.39, 0.29) is 23.0 Å². The van der Waals surface area contributed by atoms with Crippen molar-refractivity contribution in [3.05, 3.63) is 70.7 Å². The van der Waals surface area contributed by atoms with Crippen LogP contribution in [0.2, 0.25) is 0 Å². The number of halogens is 3. The second-order valence-corrected chi connectivity index (χ2v) is 14.8. The third-order valence-electron chi connectivity index (χ3n) is 9.19. The number of fused-ring (bicyclic) bond motifs is 3. The largest absolute Gasteiger partial charge is 0.493 e.